The van der Waals surface area contributed by atoms with Crippen LogP contribution in [0.1, 0.15) is 18.5 Å². The van der Waals surface area contributed by atoms with E-state index in [0.29, 0.717) is 0 Å². The number of nitrogens with one attached hydrogen (secondary N) is 2. The number of hydrazine groups is 1. The zero-order valence-corrected chi connectivity index (χ0v) is 11.4. The maximum absolute atomic E-state index is 11.8. The van der Waals surface area contributed by atoms with Crippen molar-refractivity contribution >= 4 is 11.6 Å². The third-order valence-electron chi connectivity index (χ3n) is 3.31. The predicted molar refractivity (Wildman–Crippen MR) is 80.7 cm³/mol. The average Bonchev–Trinajstić information content (AvgIpc) is 2.53. The molecule has 2 aromatic rings. The molecule has 0 radical (unpaired) electrons. The molecule has 0 spiro atoms. The lowest BCUT2D eigenvalue weighted by atomic mass is 9.93. The first-order valence-electron chi connectivity index (χ1n) is 6.59. The van der Waals surface area contributed by atoms with Crippen LogP contribution in [0.5, 0.6) is 0 Å². The number of amides is 1. The van der Waals surface area contributed by atoms with Gasteiger partial charge in [0.05, 0.1) is 12.0 Å². The Balaban J connectivity index is 2.27. The third-order valence-corrected chi connectivity index (χ3v) is 3.31. The van der Waals surface area contributed by atoms with Gasteiger partial charge in [-0.3, -0.25) is 10.2 Å². The van der Waals surface area contributed by atoms with Gasteiger partial charge < -0.3 is 5.32 Å². The van der Waals surface area contributed by atoms with Crippen LogP contribution >= 0.6 is 0 Å². The summed E-state index contributed by atoms with van der Waals surface area (Å²) in [5.41, 5.74) is 4.24. The molecule has 0 saturated carbocycles. The highest BCUT2D eigenvalue weighted by Crippen LogP contribution is 2.26. The Bertz CT molecular complexity index is 542. The largest absolute Gasteiger partial charge is 0.377 e. The fraction of sp³-hybridized carbons (Fsp3) is 0.188. The molecule has 4 N–H and O–H groups in total. The van der Waals surface area contributed by atoms with Gasteiger partial charge in [0.15, 0.2) is 0 Å². The van der Waals surface area contributed by atoms with Crippen LogP contribution < -0.4 is 16.6 Å². The molecule has 4 nitrogen and oxygen atoms in total. The van der Waals surface area contributed by atoms with Gasteiger partial charge in [0.25, 0.3) is 0 Å². The zero-order valence-electron chi connectivity index (χ0n) is 11.4. The molecule has 1 amide bonds. The van der Waals surface area contributed by atoms with E-state index in [1.807, 2.05) is 67.6 Å². The fourth-order valence-corrected chi connectivity index (χ4v) is 2.15. The van der Waals surface area contributed by atoms with Crippen LogP contribution in [0.3, 0.4) is 0 Å². The summed E-state index contributed by atoms with van der Waals surface area (Å²) in [5.74, 6) is 4.77. The molecule has 2 aromatic carbocycles. The molecule has 0 aliphatic carbocycles. The van der Waals surface area contributed by atoms with Crippen LogP contribution in [0, 0.1) is 5.92 Å². The Morgan fingerprint density at radius 2 is 1.55 bits per heavy atom. The number of carbonyl (C=O) groups is 1. The van der Waals surface area contributed by atoms with Crippen LogP contribution in [-0.2, 0) is 4.79 Å². The summed E-state index contributed by atoms with van der Waals surface area (Å²) in [6, 6.07) is 19.6. The zero-order chi connectivity index (χ0) is 14.4. The van der Waals surface area contributed by atoms with Gasteiger partial charge in [-0.15, -0.1) is 0 Å². The van der Waals surface area contributed by atoms with Crippen LogP contribution in [0.4, 0.5) is 5.69 Å². The number of hydrogen-bond donors (Lipinski definition) is 3. The van der Waals surface area contributed by atoms with Crippen molar-refractivity contribution in [3.8, 4) is 0 Å². The smallest absolute Gasteiger partial charge is 0.239 e. The van der Waals surface area contributed by atoms with Gasteiger partial charge in [0.2, 0.25) is 5.91 Å². The van der Waals surface area contributed by atoms with Gasteiger partial charge in [-0.05, 0) is 17.7 Å². The molecule has 4 heteroatoms. The molecule has 0 aromatic heterocycles. The Morgan fingerprint density at radius 1 is 1.00 bits per heavy atom. The maximum atomic E-state index is 11.8. The second kappa shape index (κ2) is 6.73. The fourth-order valence-electron chi connectivity index (χ4n) is 2.15. The van der Waals surface area contributed by atoms with Crippen LogP contribution in [0.25, 0.3) is 0 Å². The number of hydrogen-bond acceptors (Lipinski definition) is 3. The van der Waals surface area contributed by atoms with E-state index in [1.54, 1.807) is 0 Å². The van der Waals surface area contributed by atoms with Crippen LogP contribution in [0.2, 0.25) is 0 Å². The highest BCUT2D eigenvalue weighted by molar-refractivity contribution is 5.79. The first kappa shape index (κ1) is 14.1. The van der Waals surface area contributed by atoms with Crippen molar-refractivity contribution in [1.29, 1.82) is 0 Å². The highest BCUT2D eigenvalue weighted by atomic mass is 16.2. The van der Waals surface area contributed by atoms with Gasteiger partial charge >= 0.3 is 0 Å². The molecule has 2 unspecified atom stereocenters. The van der Waals surface area contributed by atoms with Gasteiger partial charge in [-0.25, -0.2) is 5.84 Å². The highest BCUT2D eigenvalue weighted by Gasteiger charge is 2.24. The SMILES string of the molecule is CC(C(=O)NN)C(Nc1ccccc1)c1ccccc1. The molecule has 0 fully saturated rings. The first-order valence-corrected chi connectivity index (χ1v) is 6.59. The number of rotatable bonds is 5. The molecule has 0 saturated heterocycles. The maximum Gasteiger partial charge on any atom is 0.239 e. The van der Waals surface area contributed by atoms with Gasteiger partial charge in [0.1, 0.15) is 0 Å². The summed E-state index contributed by atoms with van der Waals surface area (Å²) in [5, 5.41) is 3.39. The van der Waals surface area contributed by atoms with E-state index in [0.717, 1.165) is 11.3 Å². The topological polar surface area (TPSA) is 67.2 Å². The number of anilines is 1. The van der Waals surface area contributed by atoms with Gasteiger partial charge in [0, 0.05) is 5.69 Å². The van der Waals surface area contributed by atoms with Crippen molar-refractivity contribution in [2.45, 2.75) is 13.0 Å². The summed E-state index contributed by atoms with van der Waals surface area (Å²) >= 11 is 0. The lowest BCUT2D eigenvalue weighted by molar-refractivity contribution is -0.125. The molecule has 0 aliphatic heterocycles. The lowest BCUT2D eigenvalue weighted by Crippen LogP contribution is -2.39. The molecule has 20 heavy (non-hydrogen) atoms. The third kappa shape index (κ3) is 3.36. The molecule has 0 heterocycles. The quantitative estimate of drug-likeness (QED) is 0.444. The summed E-state index contributed by atoms with van der Waals surface area (Å²) in [6.07, 6.45) is 0. The van der Waals surface area contributed by atoms with Crippen molar-refractivity contribution in [2.24, 2.45) is 11.8 Å². The summed E-state index contributed by atoms with van der Waals surface area (Å²) < 4.78 is 0. The number of benzene rings is 2. The van der Waals surface area contributed by atoms with E-state index in [2.05, 4.69) is 10.7 Å². The first-order chi connectivity index (χ1) is 9.72. The predicted octanol–water partition coefficient (Wildman–Crippen LogP) is 2.47. The monoisotopic (exact) mass is 269 g/mol. The van der Waals surface area contributed by atoms with E-state index in [9.17, 15) is 4.79 Å². The lowest BCUT2D eigenvalue weighted by Gasteiger charge is -2.25. The Hall–Kier alpha value is -2.33. The Labute approximate surface area is 119 Å². The van der Waals surface area contributed by atoms with Crippen molar-refractivity contribution < 1.29 is 4.79 Å². The van der Waals surface area contributed by atoms with Gasteiger partial charge in [-0.2, -0.15) is 0 Å². The molecule has 2 rings (SSSR count). The number of carbonyl (C=O) groups excluding carboxylic acids is 1. The Kier molecular flexibility index (Phi) is 4.74. The van der Waals surface area contributed by atoms with Crippen molar-refractivity contribution in [2.75, 3.05) is 5.32 Å². The summed E-state index contributed by atoms with van der Waals surface area (Å²) in [7, 11) is 0. The van der Waals surface area contributed by atoms with Crippen molar-refractivity contribution in [3.05, 3.63) is 66.2 Å². The molecule has 104 valence electrons. The number of para-hydroxylation sites is 1. The van der Waals surface area contributed by atoms with E-state index in [4.69, 9.17) is 5.84 Å². The molecule has 2 atom stereocenters. The summed E-state index contributed by atoms with van der Waals surface area (Å²) in [4.78, 5) is 11.8. The molecular formula is C16H19N3O. The average molecular weight is 269 g/mol. The molecular weight excluding hydrogens is 250 g/mol. The summed E-state index contributed by atoms with van der Waals surface area (Å²) in [6.45, 7) is 1.86. The van der Waals surface area contributed by atoms with Crippen LogP contribution in [-0.4, -0.2) is 5.91 Å². The van der Waals surface area contributed by atoms with E-state index < -0.39 is 0 Å². The van der Waals surface area contributed by atoms with Gasteiger partial charge in [-0.1, -0.05) is 55.5 Å². The normalized spacial score (nSPS) is 13.3. The van der Waals surface area contributed by atoms with E-state index in [-0.39, 0.29) is 17.9 Å². The number of nitrogens with two attached hydrogens (primary N) is 1. The van der Waals surface area contributed by atoms with E-state index >= 15 is 0 Å². The van der Waals surface area contributed by atoms with Crippen LogP contribution in [0.15, 0.2) is 60.7 Å². The van der Waals surface area contributed by atoms with E-state index in [1.165, 1.54) is 0 Å². The molecule has 0 bridgehead atoms. The minimum Gasteiger partial charge on any atom is -0.377 e. The minimum absolute atomic E-state index is 0.137. The standard InChI is InChI=1S/C16H19N3O/c1-12(16(20)19-17)15(13-8-4-2-5-9-13)18-14-10-6-3-7-11-14/h2-12,15,18H,17H2,1H3,(H,19,20). The second-order valence-corrected chi connectivity index (χ2v) is 4.70. The molecule has 0 aliphatic rings. The second-order valence-electron chi connectivity index (χ2n) is 4.70. The van der Waals surface area contributed by atoms with Crippen molar-refractivity contribution in [1.82, 2.24) is 5.43 Å². The Morgan fingerprint density at radius 3 is 2.10 bits per heavy atom. The van der Waals surface area contributed by atoms with Crippen molar-refractivity contribution in [3.63, 3.8) is 0 Å². The minimum atomic E-state index is -0.289.